The molecule has 1 unspecified atom stereocenters. The SMILES string of the molecule is CC(=O)N1CCOC(c2c(C(=O)NCC(F)F)sc3ncccc23)C1. The summed E-state index contributed by atoms with van der Waals surface area (Å²) < 4.78 is 30.6. The number of pyridine rings is 1. The smallest absolute Gasteiger partial charge is 0.262 e. The van der Waals surface area contributed by atoms with Gasteiger partial charge >= 0.3 is 0 Å². The van der Waals surface area contributed by atoms with Crippen LogP contribution in [-0.4, -0.2) is 54.4 Å². The van der Waals surface area contributed by atoms with Crippen LogP contribution < -0.4 is 5.32 Å². The molecule has 0 aliphatic carbocycles. The zero-order valence-corrected chi connectivity index (χ0v) is 14.3. The molecule has 2 amide bonds. The van der Waals surface area contributed by atoms with Crippen LogP contribution in [-0.2, 0) is 9.53 Å². The molecular formula is C16H17F2N3O3S. The van der Waals surface area contributed by atoms with Crippen LogP contribution in [0.3, 0.4) is 0 Å². The number of hydrogen-bond donors (Lipinski definition) is 1. The molecule has 1 aliphatic heterocycles. The predicted molar refractivity (Wildman–Crippen MR) is 88.9 cm³/mol. The summed E-state index contributed by atoms with van der Waals surface area (Å²) in [4.78, 5) is 30.9. The van der Waals surface area contributed by atoms with Crippen LogP contribution in [0.5, 0.6) is 0 Å². The van der Waals surface area contributed by atoms with Crippen molar-refractivity contribution in [3.63, 3.8) is 0 Å². The number of carbonyl (C=O) groups is 2. The van der Waals surface area contributed by atoms with Crippen LogP contribution in [0.2, 0.25) is 0 Å². The fourth-order valence-corrected chi connectivity index (χ4v) is 3.91. The Hall–Kier alpha value is -2.13. The highest BCUT2D eigenvalue weighted by atomic mass is 32.1. The second-order valence-electron chi connectivity index (χ2n) is 5.63. The van der Waals surface area contributed by atoms with Gasteiger partial charge < -0.3 is 15.0 Å². The first-order valence-electron chi connectivity index (χ1n) is 7.78. The minimum atomic E-state index is -2.63. The van der Waals surface area contributed by atoms with Gasteiger partial charge in [0.05, 0.1) is 19.7 Å². The molecule has 1 saturated heterocycles. The molecule has 1 fully saturated rings. The van der Waals surface area contributed by atoms with Gasteiger partial charge in [0.1, 0.15) is 15.8 Å². The lowest BCUT2D eigenvalue weighted by Crippen LogP contribution is -2.41. The van der Waals surface area contributed by atoms with Crippen molar-refractivity contribution in [2.75, 3.05) is 26.2 Å². The maximum Gasteiger partial charge on any atom is 0.262 e. The van der Waals surface area contributed by atoms with E-state index in [4.69, 9.17) is 4.74 Å². The van der Waals surface area contributed by atoms with E-state index in [2.05, 4.69) is 10.3 Å². The van der Waals surface area contributed by atoms with Gasteiger partial charge in [-0.15, -0.1) is 11.3 Å². The summed E-state index contributed by atoms with van der Waals surface area (Å²) in [7, 11) is 0. The second-order valence-corrected chi connectivity index (χ2v) is 6.63. The lowest BCUT2D eigenvalue weighted by atomic mass is 10.0. The normalized spacial score (nSPS) is 17.9. The Kier molecular flexibility index (Phi) is 5.24. The number of halogens is 2. The molecule has 1 aliphatic rings. The lowest BCUT2D eigenvalue weighted by molar-refractivity contribution is -0.136. The van der Waals surface area contributed by atoms with Crippen molar-refractivity contribution < 1.29 is 23.1 Å². The number of nitrogens with zero attached hydrogens (tertiary/aromatic N) is 2. The molecule has 25 heavy (non-hydrogen) atoms. The van der Waals surface area contributed by atoms with Gasteiger partial charge in [0.25, 0.3) is 12.3 Å². The number of aromatic nitrogens is 1. The third-order valence-electron chi connectivity index (χ3n) is 3.96. The predicted octanol–water partition coefficient (Wildman–Crippen LogP) is 2.21. The van der Waals surface area contributed by atoms with E-state index in [0.29, 0.717) is 35.0 Å². The number of fused-ring (bicyclic) bond motifs is 1. The number of hydrogen-bond acceptors (Lipinski definition) is 5. The molecule has 134 valence electrons. The molecule has 0 bridgehead atoms. The van der Waals surface area contributed by atoms with E-state index in [1.54, 1.807) is 17.2 Å². The number of alkyl halides is 2. The topological polar surface area (TPSA) is 71.5 Å². The van der Waals surface area contributed by atoms with Crippen molar-refractivity contribution in [2.45, 2.75) is 19.5 Å². The monoisotopic (exact) mass is 369 g/mol. The van der Waals surface area contributed by atoms with Crippen LogP contribution in [0.4, 0.5) is 8.78 Å². The number of nitrogens with one attached hydrogen (secondary N) is 1. The largest absolute Gasteiger partial charge is 0.370 e. The molecule has 1 atom stereocenters. The highest BCUT2D eigenvalue weighted by Crippen LogP contribution is 2.37. The van der Waals surface area contributed by atoms with E-state index in [0.717, 1.165) is 16.7 Å². The Balaban J connectivity index is 1.98. The Morgan fingerprint density at radius 1 is 1.52 bits per heavy atom. The van der Waals surface area contributed by atoms with Crippen LogP contribution in [0.25, 0.3) is 10.2 Å². The molecule has 2 aromatic rings. The van der Waals surface area contributed by atoms with Crippen molar-refractivity contribution in [1.82, 2.24) is 15.2 Å². The van der Waals surface area contributed by atoms with E-state index < -0.39 is 25.0 Å². The minimum Gasteiger partial charge on any atom is -0.370 e. The highest BCUT2D eigenvalue weighted by molar-refractivity contribution is 7.20. The zero-order chi connectivity index (χ0) is 18.0. The average Bonchev–Trinajstić information content (AvgIpc) is 2.99. The van der Waals surface area contributed by atoms with Gasteiger partial charge in [-0.25, -0.2) is 13.8 Å². The van der Waals surface area contributed by atoms with E-state index in [-0.39, 0.29) is 5.91 Å². The number of ether oxygens (including phenoxy) is 1. The lowest BCUT2D eigenvalue weighted by Gasteiger charge is -2.32. The molecule has 2 aromatic heterocycles. The van der Waals surface area contributed by atoms with Crippen LogP contribution in [0, 0.1) is 0 Å². The van der Waals surface area contributed by atoms with E-state index >= 15 is 0 Å². The fourth-order valence-electron chi connectivity index (χ4n) is 2.80. The first-order chi connectivity index (χ1) is 12.0. The molecule has 1 N–H and O–H groups in total. The van der Waals surface area contributed by atoms with Gasteiger partial charge in [-0.2, -0.15) is 0 Å². The number of carbonyl (C=O) groups excluding carboxylic acids is 2. The molecule has 0 saturated carbocycles. The summed E-state index contributed by atoms with van der Waals surface area (Å²) in [5, 5.41) is 2.97. The van der Waals surface area contributed by atoms with Crippen molar-refractivity contribution in [3.8, 4) is 0 Å². The molecule has 3 heterocycles. The van der Waals surface area contributed by atoms with Gasteiger partial charge in [-0.3, -0.25) is 9.59 Å². The molecular weight excluding hydrogens is 352 g/mol. The van der Waals surface area contributed by atoms with E-state index in [1.807, 2.05) is 6.07 Å². The van der Waals surface area contributed by atoms with Crippen molar-refractivity contribution in [1.29, 1.82) is 0 Å². The fraction of sp³-hybridized carbons (Fsp3) is 0.438. The van der Waals surface area contributed by atoms with Gasteiger partial charge in [0.2, 0.25) is 5.91 Å². The Morgan fingerprint density at radius 3 is 3.04 bits per heavy atom. The summed E-state index contributed by atoms with van der Waals surface area (Å²) in [5.41, 5.74) is 0.603. The first kappa shape index (κ1) is 17.7. The summed E-state index contributed by atoms with van der Waals surface area (Å²) >= 11 is 1.14. The first-order valence-corrected chi connectivity index (χ1v) is 8.60. The van der Waals surface area contributed by atoms with Gasteiger partial charge in [-0.05, 0) is 6.07 Å². The number of rotatable bonds is 4. The molecule has 0 radical (unpaired) electrons. The van der Waals surface area contributed by atoms with Gasteiger partial charge in [0.15, 0.2) is 0 Å². The van der Waals surface area contributed by atoms with Crippen LogP contribution in [0.15, 0.2) is 18.3 Å². The maximum atomic E-state index is 12.4. The number of amides is 2. The van der Waals surface area contributed by atoms with Crippen molar-refractivity contribution >= 4 is 33.4 Å². The van der Waals surface area contributed by atoms with Gasteiger partial charge in [0, 0.05) is 30.6 Å². The van der Waals surface area contributed by atoms with Crippen molar-refractivity contribution in [2.24, 2.45) is 0 Å². The molecule has 3 rings (SSSR count). The molecule has 6 nitrogen and oxygen atoms in total. The van der Waals surface area contributed by atoms with E-state index in [9.17, 15) is 18.4 Å². The maximum absolute atomic E-state index is 12.4. The Labute approximate surface area is 146 Å². The minimum absolute atomic E-state index is 0.0744. The Bertz CT molecular complexity index is 796. The van der Waals surface area contributed by atoms with Gasteiger partial charge in [-0.1, -0.05) is 6.07 Å². The molecule has 9 heteroatoms. The third-order valence-corrected chi connectivity index (χ3v) is 5.09. The second kappa shape index (κ2) is 7.40. The standard InChI is InChI=1S/C16H17F2N3O3S/c1-9(22)21-5-6-24-11(8-21)13-10-3-2-4-19-16(10)25-14(13)15(23)20-7-12(17)18/h2-4,11-12H,5-8H2,1H3,(H,20,23). The molecule has 0 spiro atoms. The Morgan fingerprint density at radius 2 is 2.32 bits per heavy atom. The highest BCUT2D eigenvalue weighted by Gasteiger charge is 2.31. The summed E-state index contributed by atoms with van der Waals surface area (Å²) in [5.74, 6) is -0.656. The number of thiophene rings is 1. The summed E-state index contributed by atoms with van der Waals surface area (Å²) in [6.45, 7) is 1.90. The summed E-state index contributed by atoms with van der Waals surface area (Å²) in [6, 6.07) is 3.55. The van der Waals surface area contributed by atoms with Crippen LogP contribution >= 0.6 is 11.3 Å². The number of morpholine rings is 1. The zero-order valence-electron chi connectivity index (χ0n) is 13.5. The van der Waals surface area contributed by atoms with Crippen molar-refractivity contribution in [3.05, 3.63) is 28.8 Å². The summed E-state index contributed by atoms with van der Waals surface area (Å²) in [6.07, 6.45) is -1.52. The third kappa shape index (κ3) is 3.77. The van der Waals surface area contributed by atoms with Crippen LogP contribution in [0.1, 0.15) is 28.3 Å². The van der Waals surface area contributed by atoms with E-state index in [1.165, 1.54) is 6.92 Å². The average molecular weight is 369 g/mol. The quantitative estimate of drug-likeness (QED) is 0.897. The molecule has 0 aromatic carbocycles.